The first-order valence-corrected chi connectivity index (χ1v) is 11.8. The third-order valence-corrected chi connectivity index (χ3v) is 6.18. The number of nitrogens with zero attached hydrogens (tertiary/aromatic N) is 3. The number of nitrogens with one attached hydrogen (secondary N) is 1. The van der Waals surface area contributed by atoms with Gasteiger partial charge in [-0.25, -0.2) is 14.4 Å². The Bertz CT molecular complexity index is 1160. The van der Waals surface area contributed by atoms with Gasteiger partial charge in [0.05, 0.1) is 11.3 Å². The maximum atomic E-state index is 14.8. The van der Waals surface area contributed by atoms with Crippen molar-refractivity contribution < 1.29 is 9.18 Å². The number of anilines is 1. The number of carbonyl (C=O) groups excluding carboxylic acids is 1. The Labute approximate surface area is 200 Å². The zero-order valence-corrected chi connectivity index (χ0v) is 19.8. The molecule has 5 nitrogen and oxygen atoms in total. The molecule has 1 atom stereocenters. The fourth-order valence-electron chi connectivity index (χ4n) is 4.35. The first-order chi connectivity index (χ1) is 16.4. The van der Waals surface area contributed by atoms with Crippen molar-refractivity contribution in [1.29, 1.82) is 0 Å². The van der Waals surface area contributed by atoms with E-state index >= 15 is 0 Å². The van der Waals surface area contributed by atoms with Crippen LogP contribution >= 0.6 is 0 Å². The number of benzene rings is 2. The van der Waals surface area contributed by atoms with Gasteiger partial charge in [0.2, 0.25) is 5.95 Å². The lowest BCUT2D eigenvalue weighted by molar-refractivity contribution is 0.0690. The summed E-state index contributed by atoms with van der Waals surface area (Å²) in [6, 6.07) is 16.4. The molecule has 3 aromatic rings. The third kappa shape index (κ3) is 5.50. The summed E-state index contributed by atoms with van der Waals surface area (Å²) >= 11 is 0. The van der Waals surface area contributed by atoms with Crippen molar-refractivity contribution in [2.45, 2.75) is 58.2 Å². The Morgan fingerprint density at radius 3 is 2.62 bits per heavy atom. The van der Waals surface area contributed by atoms with E-state index in [9.17, 15) is 9.18 Å². The molecule has 2 aromatic carbocycles. The van der Waals surface area contributed by atoms with Crippen LogP contribution in [0, 0.1) is 5.82 Å². The Kier molecular flexibility index (Phi) is 7.36. The van der Waals surface area contributed by atoms with Crippen LogP contribution in [-0.2, 0) is 6.54 Å². The number of hydrogen-bond donors (Lipinski definition) is 1. The van der Waals surface area contributed by atoms with E-state index in [2.05, 4.69) is 21.9 Å². The topological polar surface area (TPSA) is 58.1 Å². The third-order valence-electron chi connectivity index (χ3n) is 6.18. The molecular formula is C28H31FN4O. The fraction of sp³-hybridized carbons (Fsp3) is 0.321. The molecule has 1 aromatic heterocycles. The van der Waals surface area contributed by atoms with Gasteiger partial charge in [0, 0.05) is 30.4 Å². The van der Waals surface area contributed by atoms with Gasteiger partial charge >= 0.3 is 0 Å². The molecule has 6 heteroatoms. The molecule has 0 radical (unpaired) electrons. The molecule has 1 fully saturated rings. The SMILES string of the molecule is C=C1CCCC(Nc2ncc(C(=O)N(Cc3ccccc3)C(C)C)c(-c3ccccc3F)n2)C1. The summed E-state index contributed by atoms with van der Waals surface area (Å²) in [5.74, 6) is -0.255. The zero-order valence-electron chi connectivity index (χ0n) is 19.8. The highest BCUT2D eigenvalue weighted by atomic mass is 19.1. The first-order valence-electron chi connectivity index (χ1n) is 11.8. The van der Waals surface area contributed by atoms with Crippen LogP contribution in [0.5, 0.6) is 0 Å². The van der Waals surface area contributed by atoms with Crippen LogP contribution < -0.4 is 5.32 Å². The quantitative estimate of drug-likeness (QED) is 0.426. The molecule has 34 heavy (non-hydrogen) atoms. The van der Waals surface area contributed by atoms with Crippen molar-refractivity contribution in [3.63, 3.8) is 0 Å². The normalized spacial score (nSPS) is 15.9. The Balaban J connectivity index is 1.70. The molecule has 1 aliphatic rings. The molecule has 176 valence electrons. The highest BCUT2D eigenvalue weighted by molar-refractivity contribution is 6.00. The highest BCUT2D eigenvalue weighted by Crippen LogP contribution is 2.29. The van der Waals surface area contributed by atoms with Crippen LogP contribution in [0.1, 0.15) is 55.5 Å². The summed E-state index contributed by atoms with van der Waals surface area (Å²) in [6.45, 7) is 8.49. The van der Waals surface area contributed by atoms with Gasteiger partial charge in [-0.3, -0.25) is 4.79 Å². The Morgan fingerprint density at radius 1 is 1.18 bits per heavy atom. The number of amides is 1. The summed E-state index contributed by atoms with van der Waals surface area (Å²) in [6.07, 6.45) is 5.49. The van der Waals surface area contributed by atoms with Crippen molar-refractivity contribution in [3.8, 4) is 11.3 Å². The smallest absolute Gasteiger partial charge is 0.258 e. The lowest BCUT2D eigenvalue weighted by Gasteiger charge is -2.28. The molecule has 0 spiro atoms. The van der Waals surface area contributed by atoms with E-state index in [1.54, 1.807) is 23.1 Å². The summed E-state index contributed by atoms with van der Waals surface area (Å²) in [5.41, 5.74) is 3.10. The number of halogens is 1. The van der Waals surface area contributed by atoms with Crippen LogP contribution in [-0.4, -0.2) is 32.9 Å². The van der Waals surface area contributed by atoms with E-state index in [4.69, 9.17) is 0 Å². The van der Waals surface area contributed by atoms with Crippen LogP contribution in [0.15, 0.2) is 72.9 Å². The maximum absolute atomic E-state index is 14.8. The van der Waals surface area contributed by atoms with Gasteiger partial charge < -0.3 is 10.2 Å². The van der Waals surface area contributed by atoms with Gasteiger partial charge in [-0.2, -0.15) is 0 Å². The Morgan fingerprint density at radius 2 is 1.91 bits per heavy atom. The molecule has 1 amide bonds. The predicted octanol–water partition coefficient (Wildman–Crippen LogP) is 6.24. The number of carbonyl (C=O) groups is 1. The molecule has 4 rings (SSSR count). The van der Waals surface area contributed by atoms with Gasteiger partial charge in [-0.1, -0.05) is 54.6 Å². The largest absolute Gasteiger partial charge is 0.351 e. The molecule has 1 N–H and O–H groups in total. The van der Waals surface area contributed by atoms with Crippen LogP contribution in [0.3, 0.4) is 0 Å². The van der Waals surface area contributed by atoms with Crippen molar-refractivity contribution in [2.75, 3.05) is 5.32 Å². The molecule has 0 aliphatic heterocycles. The Hall–Kier alpha value is -3.54. The maximum Gasteiger partial charge on any atom is 0.258 e. The van der Waals surface area contributed by atoms with Crippen molar-refractivity contribution in [3.05, 3.63) is 89.9 Å². The number of rotatable bonds is 7. The molecule has 1 unspecified atom stereocenters. The fourth-order valence-corrected chi connectivity index (χ4v) is 4.35. The van der Waals surface area contributed by atoms with Gasteiger partial charge in [-0.15, -0.1) is 0 Å². The minimum absolute atomic E-state index is 0.0628. The predicted molar refractivity (Wildman–Crippen MR) is 134 cm³/mol. The average molecular weight is 459 g/mol. The van der Waals surface area contributed by atoms with Crippen LogP contribution in [0.25, 0.3) is 11.3 Å². The van der Waals surface area contributed by atoms with Crippen LogP contribution in [0.2, 0.25) is 0 Å². The molecule has 0 saturated heterocycles. The van der Waals surface area contributed by atoms with Crippen molar-refractivity contribution in [2.24, 2.45) is 0 Å². The van der Waals surface area contributed by atoms with Gasteiger partial charge in [0.15, 0.2) is 0 Å². The summed E-state index contributed by atoms with van der Waals surface area (Å²) in [7, 11) is 0. The monoisotopic (exact) mass is 458 g/mol. The number of aromatic nitrogens is 2. The van der Waals surface area contributed by atoms with Crippen molar-refractivity contribution in [1.82, 2.24) is 14.9 Å². The highest BCUT2D eigenvalue weighted by Gasteiger charge is 2.26. The average Bonchev–Trinajstić information content (AvgIpc) is 2.83. The second kappa shape index (κ2) is 10.6. The standard InChI is InChI=1S/C28H31FN4O/c1-19(2)33(18-21-11-5-4-6-12-21)27(34)24-17-30-28(31-22-13-9-10-20(3)16-22)32-26(24)23-14-7-8-15-25(23)29/h4-8,11-12,14-15,17,19,22H,3,9-10,13,16,18H2,1-2H3,(H,30,31,32). The molecule has 1 aliphatic carbocycles. The summed E-state index contributed by atoms with van der Waals surface area (Å²) in [5, 5.41) is 3.37. The summed E-state index contributed by atoms with van der Waals surface area (Å²) < 4.78 is 14.8. The molecular weight excluding hydrogens is 427 g/mol. The van der Waals surface area contributed by atoms with Gasteiger partial charge in [0.25, 0.3) is 5.91 Å². The lowest BCUT2D eigenvalue weighted by Crippen LogP contribution is -2.37. The van der Waals surface area contributed by atoms with Gasteiger partial charge in [-0.05, 0) is 57.2 Å². The van der Waals surface area contributed by atoms with E-state index in [1.807, 2.05) is 44.2 Å². The summed E-state index contributed by atoms with van der Waals surface area (Å²) in [4.78, 5) is 24.6. The van der Waals surface area contributed by atoms with Gasteiger partial charge in [0.1, 0.15) is 5.82 Å². The lowest BCUT2D eigenvalue weighted by atomic mass is 9.92. The van der Waals surface area contributed by atoms with Crippen molar-refractivity contribution >= 4 is 11.9 Å². The number of hydrogen-bond acceptors (Lipinski definition) is 4. The minimum Gasteiger partial charge on any atom is -0.351 e. The van der Waals surface area contributed by atoms with E-state index in [1.165, 1.54) is 17.8 Å². The van der Waals surface area contributed by atoms with E-state index in [-0.39, 0.29) is 29.1 Å². The minimum atomic E-state index is -0.425. The second-order valence-corrected chi connectivity index (χ2v) is 9.14. The second-order valence-electron chi connectivity index (χ2n) is 9.14. The molecule has 1 heterocycles. The van der Waals surface area contributed by atoms with Crippen LogP contribution in [0.4, 0.5) is 10.3 Å². The van der Waals surface area contributed by atoms with E-state index < -0.39 is 5.82 Å². The first kappa shape index (κ1) is 23.6. The van der Waals surface area contributed by atoms with E-state index in [0.29, 0.717) is 18.2 Å². The molecule has 1 saturated carbocycles. The molecule has 0 bridgehead atoms. The zero-order chi connectivity index (χ0) is 24.1. The van der Waals surface area contributed by atoms with E-state index in [0.717, 1.165) is 31.2 Å².